The van der Waals surface area contributed by atoms with E-state index < -0.39 is 11.7 Å². The highest BCUT2D eigenvalue weighted by Gasteiger charge is 2.22. The molecule has 1 amide bonds. The van der Waals surface area contributed by atoms with Crippen molar-refractivity contribution in [3.05, 3.63) is 108 Å². The third-order valence-corrected chi connectivity index (χ3v) is 5.85. The molecule has 7 heteroatoms. The number of phenols is 1. The summed E-state index contributed by atoms with van der Waals surface area (Å²) in [5, 5.41) is 13.1. The van der Waals surface area contributed by atoms with Crippen LogP contribution in [-0.4, -0.2) is 16.0 Å². The van der Waals surface area contributed by atoms with Gasteiger partial charge in [0.2, 0.25) is 11.8 Å². The van der Waals surface area contributed by atoms with Crippen LogP contribution in [0, 0.1) is 5.82 Å². The minimum Gasteiger partial charge on any atom is -0.507 e. The van der Waals surface area contributed by atoms with Gasteiger partial charge in [-0.25, -0.2) is 9.37 Å². The Kier molecular flexibility index (Phi) is 6.08. The molecule has 0 saturated carbocycles. The average Bonchev–Trinajstić information content (AvgIpc) is 3.28. The van der Waals surface area contributed by atoms with Crippen LogP contribution in [-0.2, 0) is 0 Å². The number of aromatic hydroxyl groups is 1. The summed E-state index contributed by atoms with van der Waals surface area (Å²) in [6.45, 7) is 0. The topological polar surface area (TPSA) is 75.4 Å². The summed E-state index contributed by atoms with van der Waals surface area (Å²) in [4.78, 5) is 18.8. The van der Waals surface area contributed by atoms with E-state index in [2.05, 4.69) is 22.9 Å². The number of carbonyl (C=O) groups excluding carboxylic acids is 1. The number of anilines is 1. The quantitative estimate of drug-likeness (QED) is 0.234. The maximum absolute atomic E-state index is 13.5. The molecule has 0 saturated heterocycles. The molecule has 0 spiro atoms. The van der Waals surface area contributed by atoms with E-state index in [1.165, 1.54) is 12.1 Å². The van der Waals surface area contributed by atoms with Crippen molar-refractivity contribution in [2.45, 2.75) is 4.90 Å². The van der Waals surface area contributed by atoms with Gasteiger partial charge in [-0.05, 0) is 42.0 Å². The highest BCUT2D eigenvalue weighted by atomic mass is 32.1. The highest BCUT2D eigenvalue weighted by molar-refractivity contribution is 7.80. The Morgan fingerprint density at radius 2 is 1.54 bits per heavy atom. The SMILES string of the molecule is O=C(Nc1oc(-c2ccccc2)nc1-c1ccccc1S)c1ccccc1-c1ccc(F)cc1O. The summed E-state index contributed by atoms with van der Waals surface area (Å²) in [6, 6.07) is 27.1. The van der Waals surface area contributed by atoms with Crippen molar-refractivity contribution in [2.24, 2.45) is 0 Å². The molecule has 1 aromatic heterocycles. The fraction of sp³-hybridized carbons (Fsp3) is 0. The van der Waals surface area contributed by atoms with Gasteiger partial charge >= 0.3 is 0 Å². The maximum atomic E-state index is 13.5. The molecule has 5 rings (SSSR count). The number of nitrogens with one attached hydrogen (secondary N) is 1. The number of carbonyl (C=O) groups is 1. The average molecular weight is 483 g/mol. The van der Waals surface area contributed by atoms with E-state index in [1.807, 2.05) is 54.6 Å². The molecule has 0 radical (unpaired) electrons. The second-order valence-corrected chi connectivity index (χ2v) is 8.22. The van der Waals surface area contributed by atoms with Gasteiger partial charge in [-0.15, -0.1) is 12.6 Å². The molecular weight excluding hydrogens is 463 g/mol. The summed E-state index contributed by atoms with van der Waals surface area (Å²) < 4.78 is 19.5. The van der Waals surface area contributed by atoms with Gasteiger partial charge in [0, 0.05) is 33.2 Å². The summed E-state index contributed by atoms with van der Waals surface area (Å²) in [5.74, 6) is -0.803. The van der Waals surface area contributed by atoms with Crippen molar-refractivity contribution < 1.29 is 18.7 Å². The molecule has 172 valence electrons. The molecule has 0 fully saturated rings. The summed E-state index contributed by atoms with van der Waals surface area (Å²) in [6.07, 6.45) is 0. The van der Waals surface area contributed by atoms with Crippen molar-refractivity contribution in [3.63, 3.8) is 0 Å². The minimum atomic E-state index is -0.571. The van der Waals surface area contributed by atoms with Crippen molar-refractivity contribution in [1.29, 1.82) is 0 Å². The molecular formula is C28H19FN2O3S. The molecule has 5 nitrogen and oxygen atoms in total. The van der Waals surface area contributed by atoms with Gasteiger partial charge in [-0.3, -0.25) is 10.1 Å². The standard InChI is InChI=1S/C28H19FN2O3S/c29-18-14-15-20(23(32)16-18)19-10-4-5-11-21(19)26(33)31-28-25(22-12-6-7-13-24(22)35)30-27(34-28)17-8-2-1-3-9-17/h1-16,32,35H,(H,31,33). The maximum Gasteiger partial charge on any atom is 0.258 e. The molecule has 0 aliphatic heterocycles. The predicted octanol–water partition coefficient (Wildman–Crippen LogP) is 7.06. The number of hydrogen-bond acceptors (Lipinski definition) is 5. The first-order chi connectivity index (χ1) is 17.0. The van der Waals surface area contributed by atoms with Crippen LogP contribution in [0.15, 0.2) is 106 Å². The van der Waals surface area contributed by atoms with Gasteiger partial charge in [0.05, 0.1) is 0 Å². The number of aromatic nitrogens is 1. The van der Waals surface area contributed by atoms with Crippen LogP contribution in [0.5, 0.6) is 5.75 Å². The van der Waals surface area contributed by atoms with Gasteiger partial charge in [-0.2, -0.15) is 0 Å². The first kappa shape index (κ1) is 22.4. The molecule has 1 heterocycles. The number of nitrogens with zero attached hydrogens (tertiary/aromatic N) is 1. The number of benzene rings is 4. The molecule has 2 N–H and O–H groups in total. The summed E-state index contributed by atoms with van der Waals surface area (Å²) >= 11 is 4.54. The van der Waals surface area contributed by atoms with Crippen LogP contribution in [0.3, 0.4) is 0 Å². The zero-order chi connectivity index (χ0) is 24.4. The summed E-state index contributed by atoms with van der Waals surface area (Å²) in [7, 11) is 0. The van der Waals surface area contributed by atoms with Crippen LogP contribution in [0.25, 0.3) is 33.8 Å². The van der Waals surface area contributed by atoms with Crippen molar-refractivity contribution in [2.75, 3.05) is 5.32 Å². The molecule has 4 aromatic carbocycles. The van der Waals surface area contributed by atoms with Gasteiger partial charge in [0.25, 0.3) is 5.91 Å². The Morgan fingerprint density at radius 1 is 0.857 bits per heavy atom. The lowest BCUT2D eigenvalue weighted by atomic mass is 9.98. The van der Waals surface area contributed by atoms with Crippen molar-refractivity contribution in [3.8, 4) is 39.6 Å². The lowest BCUT2D eigenvalue weighted by Gasteiger charge is -2.11. The first-order valence-electron chi connectivity index (χ1n) is 10.7. The number of rotatable bonds is 5. The van der Waals surface area contributed by atoms with E-state index in [1.54, 1.807) is 24.3 Å². The van der Waals surface area contributed by atoms with Crippen molar-refractivity contribution in [1.82, 2.24) is 4.98 Å². The number of hydrogen-bond donors (Lipinski definition) is 3. The van der Waals surface area contributed by atoms with Crippen LogP contribution < -0.4 is 5.32 Å². The minimum absolute atomic E-state index is 0.161. The Hall–Kier alpha value is -4.36. The normalized spacial score (nSPS) is 10.8. The Labute approximate surface area is 206 Å². The zero-order valence-electron chi connectivity index (χ0n) is 18.3. The third kappa shape index (κ3) is 4.54. The molecule has 5 aromatic rings. The fourth-order valence-electron chi connectivity index (χ4n) is 3.78. The Balaban J connectivity index is 1.58. The zero-order valence-corrected chi connectivity index (χ0v) is 19.2. The third-order valence-electron chi connectivity index (χ3n) is 5.46. The smallest absolute Gasteiger partial charge is 0.258 e. The Morgan fingerprint density at radius 3 is 2.29 bits per heavy atom. The second kappa shape index (κ2) is 9.48. The van der Waals surface area contributed by atoms with Crippen LogP contribution in [0.4, 0.5) is 10.3 Å². The molecule has 0 atom stereocenters. The first-order valence-corrected chi connectivity index (χ1v) is 11.2. The molecule has 0 aliphatic carbocycles. The van der Waals surface area contributed by atoms with Gasteiger partial charge < -0.3 is 9.52 Å². The lowest BCUT2D eigenvalue weighted by molar-refractivity contribution is 0.102. The Bertz CT molecular complexity index is 1530. The van der Waals surface area contributed by atoms with E-state index in [0.717, 1.165) is 11.6 Å². The van der Waals surface area contributed by atoms with Crippen LogP contribution in [0.1, 0.15) is 10.4 Å². The van der Waals surface area contributed by atoms with E-state index in [4.69, 9.17) is 4.42 Å². The van der Waals surface area contributed by atoms with Gasteiger partial charge in [-0.1, -0.05) is 54.6 Å². The predicted molar refractivity (Wildman–Crippen MR) is 136 cm³/mol. The van der Waals surface area contributed by atoms with E-state index in [0.29, 0.717) is 33.2 Å². The number of amides is 1. The van der Waals surface area contributed by atoms with Gasteiger partial charge in [0.1, 0.15) is 17.3 Å². The van der Waals surface area contributed by atoms with Crippen molar-refractivity contribution >= 4 is 24.4 Å². The second-order valence-electron chi connectivity index (χ2n) is 7.74. The van der Waals surface area contributed by atoms with Gasteiger partial charge in [0.15, 0.2) is 0 Å². The highest BCUT2D eigenvalue weighted by Crippen LogP contribution is 2.37. The van der Waals surface area contributed by atoms with Crippen LogP contribution >= 0.6 is 12.6 Å². The number of halogens is 1. The molecule has 35 heavy (non-hydrogen) atoms. The van der Waals surface area contributed by atoms with E-state index >= 15 is 0 Å². The number of thiol groups is 1. The van der Waals surface area contributed by atoms with E-state index in [-0.39, 0.29) is 17.2 Å². The number of phenolic OH excluding ortho intramolecular Hbond substituents is 1. The fourth-order valence-corrected chi connectivity index (χ4v) is 4.05. The number of oxazole rings is 1. The monoisotopic (exact) mass is 482 g/mol. The molecule has 0 bridgehead atoms. The molecule has 0 aliphatic rings. The summed E-state index contributed by atoms with van der Waals surface area (Å²) in [5.41, 5.74) is 2.94. The molecule has 0 unspecified atom stereocenters. The largest absolute Gasteiger partial charge is 0.507 e. The lowest BCUT2D eigenvalue weighted by Crippen LogP contribution is -2.13. The van der Waals surface area contributed by atoms with Crippen LogP contribution in [0.2, 0.25) is 0 Å². The van der Waals surface area contributed by atoms with E-state index in [9.17, 15) is 14.3 Å².